The molecule has 0 radical (unpaired) electrons. The molecule has 2 aromatic rings. The third-order valence-corrected chi connectivity index (χ3v) is 4.89. The highest BCUT2D eigenvalue weighted by Gasteiger charge is 2.31. The molecule has 0 bridgehead atoms. The van der Waals surface area contributed by atoms with Crippen LogP contribution in [0, 0.1) is 21.7 Å². The van der Waals surface area contributed by atoms with E-state index in [0.29, 0.717) is 13.1 Å². The van der Waals surface area contributed by atoms with E-state index in [1.165, 1.54) is 17.0 Å². The second-order valence-electron chi connectivity index (χ2n) is 6.29. The number of benzene rings is 2. The summed E-state index contributed by atoms with van der Waals surface area (Å²) in [4.78, 5) is 26.4. The van der Waals surface area contributed by atoms with Gasteiger partial charge in [-0.1, -0.05) is 11.6 Å². The first-order valence-electron chi connectivity index (χ1n) is 8.23. The van der Waals surface area contributed by atoms with Gasteiger partial charge in [0.2, 0.25) is 0 Å². The van der Waals surface area contributed by atoms with Gasteiger partial charge in [-0.05, 0) is 31.2 Å². The number of carbonyl (C=O) groups excluding carboxylic acids is 1. The number of hydrogen-bond donors (Lipinski definition) is 0. The lowest BCUT2D eigenvalue weighted by molar-refractivity contribution is -0.384. The first-order chi connectivity index (χ1) is 12.8. The number of halogens is 3. The molecule has 6 nitrogen and oxygen atoms in total. The van der Waals surface area contributed by atoms with Gasteiger partial charge in [-0.3, -0.25) is 14.9 Å². The van der Waals surface area contributed by atoms with Gasteiger partial charge < -0.3 is 9.80 Å². The molecule has 0 aromatic heterocycles. The summed E-state index contributed by atoms with van der Waals surface area (Å²) in [6.45, 7) is 2.96. The van der Waals surface area contributed by atoms with Gasteiger partial charge in [-0.25, -0.2) is 8.78 Å². The lowest BCUT2D eigenvalue weighted by atomic mass is 10.1. The Balaban J connectivity index is 1.76. The van der Waals surface area contributed by atoms with E-state index in [1.54, 1.807) is 19.1 Å². The summed E-state index contributed by atoms with van der Waals surface area (Å²) in [6, 6.07) is 7.87. The number of amides is 1. The molecule has 1 aliphatic heterocycles. The first-order valence-corrected chi connectivity index (χ1v) is 8.61. The third-order valence-electron chi connectivity index (χ3n) is 4.57. The van der Waals surface area contributed by atoms with E-state index in [4.69, 9.17) is 11.6 Å². The molecule has 0 saturated carbocycles. The fourth-order valence-corrected chi connectivity index (χ4v) is 3.37. The molecule has 0 spiro atoms. The van der Waals surface area contributed by atoms with Crippen LogP contribution >= 0.6 is 11.6 Å². The van der Waals surface area contributed by atoms with Crippen LogP contribution in [0.1, 0.15) is 17.3 Å². The van der Waals surface area contributed by atoms with Crippen LogP contribution in [0.25, 0.3) is 0 Å². The summed E-state index contributed by atoms with van der Waals surface area (Å²) >= 11 is 5.91. The molecule has 1 fully saturated rings. The third kappa shape index (κ3) is 3.71. The van der Waals surface area contributed by atoms with Gasteiger partial charge >= 0.3 is 0 Å². The van der Waals surface area contributed by atoms with E-state index in [-0.39, 0.29) is 23.3 Å². The van der Waals surface area contributed by atoms with E-state index < -0.39 is 28.0 Å². The molecule has 1 heterocycles. The lowest BCUT2D eigenvalue weighted by Crippen LogP contribution is -2.54. The van der Waals surface area contributed by atoms with E-state index in [1.807, 2.05) is 4.90 Å². The molecule has 0 N–H and O–H groups in total. The Hall–Kier alpha value is -2.74. The molecule has 1 atom stereocenters. The molecule has 3 rings (SSSR count). The van der Waals surface area contributed by atoms with Crippen LogP contribution in [0.15, 0.2) is 36.4 Å². The van der Waals surface area contributed by atoms with Crippen molar-refractivity contribution in [1.82, 2.24) is 4.90 Å². The van der Waals surface area contributed by atoms with Gasteiger partial charge in [0.15, 0.2) is 11.6 Å². The molecular weight excluding hydrogens is 380 g/mol. The van der Waals surface area contributed by atoms with Gasteiger partial charge in [0.1, 0.15) is 0 Å². The summed E-state index contributed by atoms with van der Waals surface area (Å²) < 4.78 is 27.6. The number of rotatable bonds is 3. The highest BCUT2D eigenvalue weighted by Crippen LogP contribution is 2.27. The Morgan fingerprint density at radius 2 is 1.85 bits per heavy atom. The van der Waals surface area contributed by atoms with Crippen LogP contribution in [0.2, 0.25) is 5.02 Å². The van der Waals surface area contributed by atoms with Crippen LogP contribution in [0.4, 0.5) is 20.2 Å². The summed E-state index contributed by atoms with van der Waals surface area (Å²) in [5.41, 5.74) is 0.318. The standard InChI is InChI=1S/C18H16ClF2N3O3/c1-11-10-22(12-2-4-13(5-3-12)24(26)27)8-9-23(11)18(25)16-14(19)6-7-15(20)17(16)21/h2-7,11H,8-10H2,1H3/t11-/m1/s1. The van der Waals surface area contributed by atoms with Gasteiger partial charge in [0, 0.05) is 43.5 Å². The zero-order valence-electron chi connectivity index (χ0n) is 14.4. The molecule has 2 aromatic carbocycles. The molecule has 142 valence electrons. The second kappa shape index (κ2) is 7.48. The number of nitro benzene ring substituents is 1. The minimum Gasteiger partial charge on any atom is -0.368 e. The topological polar surface area (TPSA) is 66.7 Å². The van der Waals surface area contributed by atoms with Crippen molar-refractivity contribution in [2.45, 2.75) is 13.0 Å². The van der Waals surface area contributed by atoms with Crippen molar-refractivity contribution < 1.29 is 18.5 Å². The average molecular weight is 396 g/mol. The molecule has 0 unspecified atom stereocenters. The summed E-state index contributed by atoms with van der Waals surface area (Å²) in [5.74, 6) is -3.04. The van der Waals surface area contributed by atoms with Crippen LogP contribution in [0.3, 0.4) is 0 Å². The SMILES string of the molecule is C[C@@H]1CN(c2ccc([N+](=O)[O-])cc2)CCN1C(=O)c1c(Cl)ccc(F)c1F. The van der Waals surface area contributed by atoms with Crippen LogP contribution in [-0.2, 0) is 0 Å². The number of hydrogen-bond acceptors (Lipinski definition) is 4. The average Bonchev–Trinajstić information content (AvgIpc) is 2.65. The highest BCUT2D eigenvalue weighted by molar-refractivity contribution is 6.33. The molecule has 1 saturated heterocycles. The van der Waals surface area contributed by atoms with Gasteiger partial charge in [0.25, 0.3) is 11.6 Å². The number of carbonyl (C=O) groups is 1. The maximum absolute atomic E-state index is 14.1. The van der Waals surface area contributed by atoms with Crippen molar-refractivity contribution in [2.24, 2.45) is 0 Å². The second-order valence-corrected chi connectivity index (χ2v) is 6.69. The fraction of sp³-hybridized carbons (Fsp3) is 0.278. The van der Waals surface area contributed by atoms with Crippen molar-refractivity contribution in [3.05, 3.63) is 68.7 Å². The number of anilines is 1. The van der Waals surface area contributed by atoms with E-state index >= 15 is 0 Å². The summed E-state index contributed by atoms with van der Waals surface area (Å²) in [5, 5.41) is 10.6. The quantitative estimate of drug-likeness (QED) is 0.449. The van der Waals surface area contributed by atoms with Gasteiger partial charge in [-0.15, -0.1) is 0 Å². The lowest BCUT2D eigenvalue weighted by Gasteiger charge is -2.41. The van der Waals surface area contributed by atoms with E-state index in [0.717, 1.165) is 17.8 Å². The van der Waals surface area contributed by atoms with Gasteiger partial charge in [0.05, 0.1) is 15.5 Å². The Labute approximate surface area is 159 Å². The van der Waals surface area contributed by atoms with Crippen molar-refractivity contribution in [1.29, 1.82) is 0 Å². The largest absolute Gasteiger partial charge is 0.368 e. The molecule has 1 aliphatic rings. The van der Waals surface area contributed by atoms with Crippen LogP contribution in [0.5, 0.6) is 0 Å². The zero-order valence-corrected chi connectivity index (χ0v) is 15.1. The zero-order chi connectivity index (χ0) is 19.7. The number of nitro groups is 1. The molecular formula is C18H16ClF2N3O3. The maximum Gasteiger partial charge on any atom is 0.269 e. The predicted octanol–water partition coefficient (Wildman–Crippen LogP) is 3.88. The molecule has 0 aliphatic carbocycles. The Bertz CT molecular complexity index is 892. The highest BCUT2D eigenvalue weighted by atomic mass is 35.5. The number of piperazine rings is 1. The first kappa shape index (κ1) is 19.0. The Morgan fingerprint density at radius 3 is 2.44 bits per heavy atom. The van der Waals surface area contributed by atoms with Crippen LogP contribution in [-0.4, -0.2) is 41.4 Å². The smallest absolute Gasteiger partial charge is 0.269 e. The normalized spacial score (nSPS) is 17.1. The van der Waals surface area contributed by atoms with Gasteiger partial charge in [-0.2, -0.15) is 0 Å². The van der Waals surface area contributed by atoms with E-state index in [2.05, 4.69) is 0 Å². The number of non-ortho nitro benzene ring substituents is 1. The Kier molecular flexibility index (Phi) is 5.27. The Morgan fingerprint density at radius 1 is 1.19 bits per heavy atom. The van der Waals surface area contributed by atoms with Crippen LogP contribution < -0.4 is 4.90 Å². The molecule has 9 heteroatoms. The van der Waals surface area contributed by atoms with Crippen molar-refractivity contribution in [3.8, 4) is 0 Å². The fourth-order valence-electron chi connectivity index (χ4n) is 3.15. The minimum atomic E-state index is -1.25. The van der Waals surface area contributed by atoms with Crippen molar-refractivity contribution in [3.63, 3.8) is 0 Å². The molecule has 27 heavy (non-hydrogen) atoms. The monoisotopic (exact) mass is 395 g/mol. The maximum atomic E-state index is 14.1. The number of nitrogens with zero attached hydrogens (tertiary/aromatic N) is 3. The van der Waals surface area contributed by atoms with Crippen molar-refractivity contribution >= 4 is 28.9 Å². The summed E-state index contributed by atoms with van der Waals surface area (Å²) in [6.07, 6.45) is 0. The minimum absolute atomic E-state index is 0.00293. The molecule has 1 amide bonds. The predicted molar refractivity (Wildman–Crippen MR) is 97.2 cm³/mol. The van der Waals surface area contributed by atoms with Crippen molar-refractivity contribution in [2.75, 3.05) is 24.5 Å². The summed E-state index contributed by atoms with van der Waals surface area (Å²) in [7, 11) is 0. The van der Waals surface area contributed by atoms with E-state index in [9.17, 15) is 23.7 Å².